The van der Waals surface area contributed by atoms with Crippen molar-refractivity contribution in [1.82, 2.24) is 10.3 Å². The number of oxazole rings is 1. The van der Waals surface area contributed by atoms with Crippen LogP contribution in [-0.4, -0.2) is 16.9 Å². The SMILES string of the molecule is N#Cc1ccc(C(=O)NC2CCC(c3nc4cc(Cl)ccc4o3)CC2)o1. The summed E-state index contributed by atoms with van der Waals surface area (Å²) in [5, 5.41) is 12.4. The van der Waals surface area contributed by atoms with Crippen LogP contribution in [0.25, 0.3) is 11.1 Å². The quantitative estimate of drug-likeness (QED) is 0.738. The minimum absolute atomic E-state index is 0.0770. The van der Waals surface area contributed by atoms with E-state index in [1.54, 1.807) is 12.1 Å². The van der Waals surface area contributed by atoms with Gasteiger partial charge in [0.1, 0.15) is 11.6 Å². The van der Waals surface area contributed by atoms with Crippen LogP contribution in [0.15, 0.2) is 39.2 Å². The lowest BCUT2D eigenvalue weighted by Gasteiger charge is -2.27. The second kappa shape index (κ2) is 6.85. The van der Waals surface area contributed by atoms with Crippen molar-refractivity contribution in [3.63, 3.8) is 0 Å². The van der Waals surface area contributed by atoms with E-state index in [2.05, 4.69) is 10.3 Å². The van der Waals surface area contributed by atoms with Gasteiger partial charge in [-0.15, -0.1) is 0 Å². The van der Waals surface area contributed by atoms with Crippen LogP contribution in [0.5, 0.6) is 0 Å². The van der Waals surface area contributed by atoms with Gasteiger partial charge in [0.15, 0.2) is 17.2 Å². The molecule has 1 aromatic carbocycles. The number of hydrogen-bond donors (Lipinski definition) is 1. The zero-order valence-electron chi connectivity index (χ0n) is 13.9. The number of benzene rings is 1. The Hall–Kier alpha value is -2.78. The number of carbonyl (C=O) groups is 1. The van der Waals surface area contributed by atoms with Crippen LogP contribution in [0, 0.1) is 11.3 Å². The standard InChI is InChI=1S/C19H16ClN3O3/c20-12-3-7-16-15(9-12)23-19(26-16)11-1-4-13(5-2-11)22-18(24)17-8-6-14(10-21)25-17/h3,6-9,11,13H,1-2,4-5H2,(H,22,24). The molecule has 0 aliphatic heterocycles. The van der Waals surface area contributed by atoms with Crippen molar-refractivity contribution >= 4 is 28.6 Å². The van der Waals surface area contributed by atoms with E-state index in [0.717, 1.165) is 42.7 Å². The average Bonchev–Trinajstić information content (AvgIpc) is 3.28. The van der Waals surface area contributed by atoms with E-state index in [-0.39, 0.29) is 29.4 Å². The highest BCUT2D eigenvalue weighted by atomic mass is 35.5. The van der Waals surface area contributed by atoms with Crippen molar-refractivity contribution in [2.75, 3.05) is 0 Å². The molecule has 4 rings (SSSR count). The maximum Gasteiger partial charge on any atom is 0.287 e. The Morgan fingerprint density at radius 1 is 1.19 bits per heavy atom. The first-order valence-electron chi connectivity index (χ1n) is 8.49. The summed E-state index contributed by atoms with van der Waals surface area (Å²) < 4.78 is 11.0. The van der Waals surface area contributed by atoms with E-state index >= 15 is 0 Å². The number of nitrogens with zero attached hydrogens (tertiary/aromatic N) is 2. The van der Waals surface area contributed by atoms with Crippen molar-refractivity contribution in [2.24, 2.45) is 0 Å². The summed E-state index contributed by atoms with van der Waals surface area (Å²) in [6.45, 7) is 0. The Bertz CT molecular complexity index is 993. The second-order valence-electron chi connectivity index (χ2n) is 6.46. The lowest BCUT2D eigenvalue weighted by atomic mass is 9.86. The highest BCUT2D eigenvalue weighted by Crippen LogP contribution is 2.34. The van der Waals surface area contributed by atoms with Crippen molar-refractivity contribution < 1.29 is 13.6 Å². The van der Waals surface area contributed by atoms with E-state index in [0.29, 0.717) is 5.02 Å². The van der Waals surface area contributed by atoms with Gasteiger partial charge in [-0.3, -0.25) is 4.79 Å². The minimum Gasteiger partial charge on any atom is -0.440 e. The summed E-state index contributed by atoms with van der Waals surface area (Å²) in [5.41, 5.74) is 1.51. The summed E-state index contributed by atoms with van der Waals surface area (Å²) in [5.74, 6) is 0.987. The maximum absolute atomic E-state index is 12.2. The third-order valence-corrected chi connectivity index (χ3v) is 4.95. The number of amides is 1. The lowest BCUT2D eigenvalue weighted by Crippen LogP contribution is -2.37. The average molecular weight is 370 g/mol. The van der Waals surface area contributed by atoms with Crippen LogP contribution in [-0.2, 0) is 0 Å². The zero-order valence-corrected chi connectivity index (χ0v) is 14.6. The molecule has 1 aliphatic carbocycles. The molecule has 6 nitrogen and oxygen atoms in total. The Morgan fingerprint density at radius 3 is 2.73 bits per heavy atom. The largest absolute Gasteiger partial charge is 0.440 e. The van der Waals surface area contributed by atoms with E-state index in [4.69, 9.17) is 25.7 Å². The first kappa shape index (κ1) is 16.7. The number of fused-ring (bicyclic) bond motifs is 1. The molecule has 1 N–H and O–H groups in total. The normalized spacial score (nSPS) is 20.0. The van der Waals surface area contributed by atoms with Gasteiger partial charge in [0.05, 0.1) is 0 Å². The van der Waals surface area contributed by atoms with Gasteiger partial charge >= 0.3 is 0 Å². The number of carbonyl (C=O) groups excluding carboxylic acids is 1. The van der Waals surface area contributed by atoms with Crippen molar-refractivity contribution in [2.45, 2.75) is 37.6 Å². The number of nitrogens with one attached hydrogen (secondary N) is 1. The molecule has 2 aromatic heterocycles. The van der Waals surface area contributed by atoms with Crippen molar-refractivity contribution in [1.29, 1.82) is 5.26 Å². The summed E-state index contributed by atoms with van der Waals surface area (Å²) in [6, 6.07) is 10.4. The minimum atomic E-state index is -0.286. The third kappa shape index (κ3) is 3.31. The van der Waals surface area contributed by atoms with Crippen LogP contribution in [0.2, 0.25) is 5.02 Å². The Balaban J connectivity index is 1.37. The second-order valence-corrected chi connectivity index (χ2v) is 6.90. The molecular weight excluding hydrogens is 354 g/mol. The fourth-order valence-corrected chi connectivity index (χ4v) is 3.52. The van der Waals surface area contributed by atoms with Crippen molar-refractivity contribution in [3.8, 4) is 6.07 Å². The highest BCUT2D eigenvalue weighted by Gasteiger charge is 2.27. The molecule has 3 aromatic rings. The van der Waals surface area contributed by atoms with Crippen LogP contribution >= 0.6 is 11.6 Å². The third-order valence-electron chi connectivity index (χ3n) is 4.72. The molecule has 0 saturated heterocycles. The molecule has 26 heavy (non-hydrogen) atoms. The first-order valence-corrected chi connectivity index (χ1v) is 8.87. The van der Waals surface area contributed by atoms with Gasteiger partial charge in [0.2, 0.25) is 5.76 Å². The molecule has 7 heteroatoms. The maximum atomic E-state index is 12.2. The van der Waals surface area contributed by atoms with Crippen molar-refractivity contribution in [3.05, 3.63) is 52.8 Å². The van der Waals surface area contributed by atoms with E-state index in [9.17, 15) is 4.79 Å². The topological polar surface area (TPSA) is 92.1 Å². The molecule has 0 atom stereocenters. The number of aromatic nitrogens is 1. The monoisotopic (exact) mass is 369 g/mol. The van der Waals surface area contributed by atoms with Gasteiger partial charge in [-0.2, -0.15) is 5.26 Å². The fourth-order valence-electron chi connectivity index (χ4n) is 3.35. The predicted octanol–water partition coefficient (Wildman–Crippen LogP) is 4.40. The molecule has 1 fully saturated rings. The molecule has 1 saturated carbocycles. The molecule has 2 heterocycles. The summed E-state index contributed by atoms with van der Waals surface area (Å²) in [7, 11) is 0. The van der Waals surface area contributed by atoms with Gasteiger partial charge < -0.3 is 14.2 Å². The Labute approximate surface area is 154 Å². The Morgan fingerprint density at radius 2 is 2.00 bits per heavy atom. The van der Waals surface area contributed by atoms with Crippen LogP contribution in [0.4, 0.5) is 0 Å². The van der Waals surface area contributed by atoms with Gasteiger partial charge in [-0.05, 0) is 56.0 Å². The smallest absolute Gasteiger partial charge is 0.287 e. The van der Waals surface area contributed by atoms with Gasteiger partial charge in [0, 0.05) is 17.0 Å². The van der Waals surface area contributed by atoms with Gasteiger partial charge in [0.25, 0.3) is 5.91 Å². The highest BCUT2D eigenvalue weighted by molar-refractivity contribution is 6.31. The Kier molecular flexibility index (Phi) is 4.39. The molecule has 132 valence electrons. The number of nitriles is 1. The summed E-state index contributed by atoms with van der Waals surface area (Å²) in [4.78, 5) is 16.7. The fraction of sp³-hybridized carbons (Fsp3) is 0.316. The van der Waals surface area contributed by atoms with E-state index < -0.39 is 0 Å². The predicted molar refractivity (Wildman–Crippen MR) is 94.9 cm³/mol. The first-order chi connectivity index (χ1) is 12.6. The molecular formula is C19H16ClN3O3. The molecule has 1 amide bonds. The van der Waals surface area contributed by atoms with Crippen LogP contribution in [0.1, 0.15) is 53.8 Å². The molecule has 1 aliphatic rings. The van der Waals surface area contributed by atoms with Gasteiger partial charge in [-0.1, -0.05) is 11.6 Å². The summed E-state index contributed by atoms with van der Waals surface area (Å²) >= 11 is 6.00. The summed E-state index contributed by atoms with van der Waals surface area (Å²) in [6.07, 6.45) is 3.43. The number of halogens is 1. The van der Waals surface area contributed by atoms with Crippen LogP contribution < -0.4 is 5.32 Å². The molecule has 0 spiro atoms. The van der Waals surface area contributed by atoms with Crippen LogP contribution in [0.3, 0.4) is 0 Å². The number of furan rings is 1. The lowest BCUT2D eigenvalue weighted by molar-refractivity contribution is 0.0896. The molecule has 0 bridgehead atoms. The number of rotatable bonds is 3. The number of hydrogen-bond acceptors (Lipinski definition) is 5. The zero-order chi connectivity index (χ0) is 18.1. The van der Waals surface area contributed by atoms with E-state index in [1.807, 2.05) is 12.1 Å². The van der Waals surface area contributed by atoms with E-state index in [1.165, 1.54) is 12.1 Å². The molecule has 0 radical (unpaired) electrons. The van der Waals surface area contributed by atoms with Gasteiger partial charge in [-0.25, -0.2) is 4.98 Å². The molecule has 0 unspecified atom stereocenters.